The second kappa shape index (κ2) is 6.73. The van der Waals surface area contributed by atoms with E-state index < -0.39 is 0 Å². The molecule has 0 radical (unpaired) electrons. The Morgan fingerprint density at radius 2 is 1.89 bits per heavy atom. The number of rotatable bonds is 7. The molecule has 0 aromatic heterocycles. The van der Waals surface area contributed by atoms with Gasteiger partial charge in [0, 0.05) is 32.6 Å². The van der Waals surface area contributed by atoms with Crippen molar-refractivity contribution >= 4 is 11.8 Å². The molecule has 5 nitrogen and oxygen atoms in total. The number of hydrogen-bond donors (Lipinski definition) is 2. The minimum Gasteiger partial charge on any atom is -0.355 e. The van der Waals surface area contributed by atoms with Crippen LogP contribution in [-0.4, -0.2) is 42.9 Å². The Bertz CT molecular complexity index is 291. The molecule has 0 heterocycles. The summed E-state index contributed by atoms with van der Waals surface area (Å²) in [7, 11) is 0. The van der Waals surface area contributed by atoms with E-state index >= 15 is 0 Å². The first-order valence-electron chi connectivity index (χ1n) is 6.85. The van der Waals surface area contributed by atoms with Crippen molar-refractivity contribution in [3.63, 3.8) is 0 Å². The highest BCUT2D eigenvalue weighted by molar-refractivity contribution is 5.84. The van der Waals surface area contributed by atoms with Crippen LogP contribution >= 0.6 is 0 Å². The van der Waals surface area contributed by atoms with Crippen LogP contribution < -0.4 is 11.1 Å². The van der Waals surface area contributed by atoms with E-state index in [0.29, 0.717) is 19.5 Å². The Labute approximate surface area is 109 Å². The molecule has 5 heteroatoms. The largest absolute Gasteiger partial charge is 0.355 e. The highest BCUT2D eigenvalue weighted by Gasteiger charge is 2.42. The van der Waals surface area contributed by atoms with Crippen molar-refractivity contribution in [2.24, 2.45) is 11.1 Å². The zero-order chi connectivity index (χ0) is 13.6. The lowest BCUT2D eigenvalue weighted by atomic mass is 9.68. The lowest BCUT2D eigenvalue weighted by molar-refractivity contribution is -0.135. The van der Waals surface area contributed by atoms with E-state index in [4.69, 9.17) is 5.73 Å². The fourth-order valence-corrected chi connectivity index (χ4v) is 2.33. The maximum absolute atomic E-state index is 12.0. The number of carbonyl (C=O) groups is 2. The van der Waals surface area contributed by atoms with Gasteiger partial charge < -0.3 is 16.0 Å². The predicted molar refractivity (Wildman–Crippen MR) is 70.9 cm³/mol. The number of carbonyl (C=O) groups excluding carboxylic acids is 2. The number of amides is 2. The van der Waals surface area contributed by atoms with Crippen molar-refractivity contribution in [3.8, 4) is 0 Å². The Morgan fingerprint density at radius 3 is 2.28 bits per heavy atom. The van der Waals surface area contributed by atoms with Crippen LogP contribution in [0.1, 0.15) is 39.5 Å². The van der Waals surface area contributed by atoms with Crippen LogP contribution in [0.5, 0.6) is 0 Å². The number of nitrogens with zero attached hydrogens (tertiary/aromatic N) is 1. The van der Waals surface area contributed by atoms with Crippen LogP contribution in [0.2, 0.25) is 0 Å². The van der Waals surface area contributed by atoms with Crippen molar-refractivity contribution in [1.82, 2.24) is 10.2 Å². The average molecular weight is 255 g/mol. The van der Waals surface area contributed by atoms with Crippen LogP contribution in [0.4, 0.5) is 0 Å². The van der Waals surface area contributed by atoms with Gasteiger partial charge in [0.05, 0.1) is 5.41 Å². The molecule has 0 saturated heterocycles. The van der Waals surface area contributed by atoms with Crippen molar-refractivity contribution in [1.29, 1.82) is 0 Å². The third-order valence-corrected chi connectivity index (χ3v) is 3.92. The van der Waals surface area contributed by atoms with E-state index in [1.165, 1.54) is 0 Å². The van der Waals surface area contributed by atoms with Gasteiger partial charge in [0.25, 0.3) is 0 Å². The normalized spacial score (nSPS) is 16.8. The second-order valence-electron chi connectivity index (χ2n) is 4.91. The molecule has 2 amide bonds. The molecule has 0 spiro atoms. The number of nitrogens with two attached hydrogens (primary N) is 1. The van der Waals surface area contributed by atoms with Gasteiger partial charge in [0.2, 0.25) is 11.8 Å². The molecular formula is C13H25N3O2. The molecule has 0 aliphatic heterocycles. The van der Waals surface area contributed by atoms with Gasteiger partial charge in [-0.3, -0.25) is 9.59 Å². The highest BCUT2D eigenvalue weighted by atomic mass is 16.2. The lowest BCUT2D eigenvalue weighted by Crippen LogP contribution is -2.50. The van der Waals surface area contributed by atoms with Crippen molar-refractivity contribution in [3.05, 3.63) is 0 Å². The standard InChI is InChI=1S/C13H25N3O2/c1-3-16(4-2)11(17)6-9-15-12(18)13(10-14)7-5-8-13/h3-10,14H2,1-2H3,(H,15,18). The van der Waals surface area contributed by atoms with Crippen LogP contribution in [0.15, 0.2) is 0 Å². The summed E-state index contributed by atoms with van der Waals surface area (Å²) in [5, 5.41) is 2.84. The smallest absolute Gasteiger partial charge is 0.227 e. The quantitative estimate of drug-likeness (QED) is 0.695. The Balaban J connectivity index is 2.29. The minimum absolute atomic E-state index is 0.0172. The first kappa shape index (κ1) is 15.0. The molecule has 1 aliphatic carbocycles. The maximum atomic E-state index is 12.0. The van der Waals surface area contributed by atoms with Crippen LogP contribution in [0.3, 0.4) is 0 Å². The summed E-state index contributed by atoms with van der Waals surface area (Å²) >= 11 is 0. The van der Waals surface area contributed by atoms with E-state index in [1.807, 2.05) is 13.8 Å². The van der Waals surface area contributed by atoms with Gasteiger partial charge in [0.1, 0.15) is 0 Å². The summed E-state index contributed by atoms with van der Waals surface area (Å²) in [6.07, 6.45) is 3.19. The van der Waals surface area contributed by atoms with Crippen molar-refractivity contribution in [2.75, 3.05) is 26.2 Å². The summed E-state index contributed by atoms with van der Waals surface area (Å²) in [6, 6.07) is 0. The third-order valence-electron chi connectivity index (χ3n) is 3.92. The summed E-state index contributed by atoms with van der Waals surface area (Å²) in [5.41, 5.74) is 5.31. The maximum Gasteiger partial charge on any atom is 0.227 e. The van der Waals surface area contributed by atoms with E-state index in [1.54, 1.807) is 4.90 Å². The molecule has 1 saturated carbocycles. The summed E-state index contributed by atoms with van der Waals surface area (Å²) in [4.78, 5) is 25.5. The fraction of sp³-hybridized carbons (Fsp3) is 0.846. The summed E-state index contributed by atoms with van der Waals surface area (Å²) < 4.78 is 0. The molecule has 18 heavy (non-hydrogen) atoms. The average Bonchev–Trinajstić information content (AvgIpc) is 2.30. The summed E-state index contributed by atoms with van der Waals surface area (Å²) in [5.74, 6) is 0.110. The third kappa shape index (κ3) is 3.22. The molecule has 0 aromatic rings. The zero-order valence-corrected chi connectivity index (χ0v) is 11.5. The van der Waals surface area contributed by atoms with E-state index in [9.17, 15) is 9.59 Å². The molecule has 0 atom stereocenters. The molecular weight excluding hydrogens is 230 g/mol. The zero-order valence-electron chi connectivity index (χ0n) is 11.5. The van der Waals surface area contributed by atoms with Crippen molar-refractivity contribution in [2.45, 2.75) is 39.5 Å². The van der Waals surface area contributed by atoms with Gasteiger partial charge in [0.15, 0.2) is 0 Å². The summed E-state index contributed by atoms with van der Waals surface area (Å²) in [6.45, 7) is 6.17. The van der Waals surface area contributed by atoms with Gasteiger partial charge in [-0.15, -0.1) is 0 Å². The van der Waals surface area contributed by atoms with Gasteiger partial charge in [-0.25, -0.2) is 0 Å². The van der Waals surface area contributed by atoms with Crippen LogP contribution in [0.25, 0.3) is 0 Å². The monoisotopic (exact) mass is 255 g/mol. The molecule has 104 valence electrons. The van der Waals surface area contributed by atoms with E-state index in [0.717, 1.165) is 32.4 Å². The van der Waals surface area contributed by atoms with Gasteiger partial charge >= 0.3 is 0 Å². The minimum atomic E-state index is -0.349. The van der Waals surface area contributed by atoms with Crippen LogP contribution in [-0.2, 0) is 9.59 Å². The molecule has 0 bridgehead atoms. The van der Waals surface area contributed by atoms with Crippen LogP contribution in [0, 0.1) is 5.41 Å². The Kier molecular flexibility index (Phi) is 5.59. The topological polar surface area (TPSA) is 75.4 Å². The molecule has 1 aliphatic rings. The highest BCUT2D eigenvalue weighted by Crippen LogP contribution is 2.39. The molecule has 1 rings (SSSR count). The molecule has 0 aromatic carbocycles. The number of nitrogens with one attached hydrogen (secondary N) is 1. The van der Waals surface area contributed by atoms with Gasteiger partial charge in [-0.05, 0) is 26.7 Å². The van der Waals surface area contributed by atoms with Gasteiger partial charge in [-0.2, -0.15) is 0 Å². The van der Waals surface area contributed by atoms with Gasteiger partial charge in [-0.1, -0.05) is 6.42 Å². The Morgan fingerprint density at radius 1 is 1.28 bits per heavy atom. The van der Waals surface area contributed by atoms with E-state index in [2.05, 4.69) is 5.32 Å². The van der Waals surface area contributed by atoms with Crippen molar-refractivity contribution < 1.29 is 9.59 Å². The molecule has 3 N–H and O–H groups in total. The van der Waals surface area contributed by atoms with E-state index in [-0.39, 0.29) is 17.2 Å². The first-order chi connectivity index (χ1) is 8.59. The Hall–Kier alpha value is -1.10. The number of hydrogen-bond acceptors (Lipinski definition) is 3. The molecule has 0 unspecified atom stereocenters. The lowest BCUT2D eigenvalue weighted by Gasteiger charge is -2.39. The first-order valence-corrected chi connectivity index (χ1v) is 6.85. The SMILES string of the molecule is CCN(CC)C(=O)CCNC(=O)C1(CN)CCC1. The molecule has 1 fully saturated rings. The second-order valence-corrected chi connectivity index (χ2v) is 4.91. The fourth-order valence-electron chi connectivity index (χ4n) is 2.33. The predicted octanol–water partition coefficient (Wildman–Crippen LogP) is 0.490.